The highest BCUT2D eigenvalue weighted by Crippen LogP contribution is 2.20. The molecule has 22 heavy (non-hydrogen) atoms. The van der Waals surface area contributed by atoms with Gasteiger partial charge in [0.2, 0.25) is 0 Å². The third kappa shape index (κ3) is 3.18. The van der Waals surface area contributed by atoms with Gasteiger partial charge in [0.05, 0.1) is 10.5 Å². The lowest BCUT2D eigenvalue weighted by molar-refractivity contribution is -0.384. The average Bonchev–Trinajstić information content (AvgIpc) is 2.49. The molecule has 0 aliphatic heterocycles. The van der Waals surface area contributed by atoms with Gasteiger partial charge in [-0.05, 0) is 24.3 Å². The zero-order chi connectivity index (χ0) is 16.3. The third-order valence-electron chi connectivity index (χ3n) is 2.81. The number of rotatable bonds is 4. The summed E-state index contributed by atoms with van der Waals surface area (Å²) < 4.78 is 0. The zero-order valence-corrected chi connectivity index (χ0v) is 11.0. The molecule has 0 aliphatic rings. The SMILES string of the molecule is O=C(Nc1ccc([O-])c(C(=O)O)c1)c1ccc([N+](=O)[O-])cc1. The molecule has 0 aliphatic carbocycles. The number of amides is 1. The first-order valence-corrected chi connectivity index (χ1v) is 5.98. The van der Waals surface area contributed by atoms with Gasteiger partial charge in [0.15, 0.2) is 0 Å². The molecule has 0 unspecified atom stereocenters. The number of anilines is 1. The van der Waals surface area contributed by atoms with Crippen molar-refractivity contribution in [2.75, 3.05) is 5.32 Å². The molecule has 0 spiro atoms. The van der Waals surface area contributed by atoms with E-state index in [1.807, 2.05) is 0 Å². The van der Waals surface area contributed by atoms with Gasteiger partial charge >= 0.3 is 5.97 Å². The van der Waals surface area contributed by atoms with E-state index >= 15 is 0 Å². The average molecular weight is 301 g/mol. The Morgan fingerprint density at radius 1 is 1.09 bits per heavy atom. The number of nitrogens with zero attached hydrogens (tertiary/aromatic N) is 1. The first-order valence-electron chi connectivity index (χ1n) is 5.98. The summed E-state index contributed by atoms with van der Waals surface area (Å²) in [7, 11) is 0. The summed E-state index contributed by atoms with van der Waals surface area (Å²) >= 11 is 0. The number of carbonyl (C=O) groups is 2. The van der Waals surface area contributed by atoms with Crippen molar-refractivity contribution in [2.24, 2.45) is 0 Å². The highest BCUT2D eigenvalue weighted by atomic mass is 16.6. The number of benzene rings is 2. The minimum atomic E-state index is -1.39. The van der Waals surface area contributed by atoms with Crippen LogP contribution in [0.3, 0.4) is 0 Å². The number of nitro benzene ring substituents is 1. The molecule has 0 fully saturated rings. The van der Waals surface area contributed by atoms with Gasteiger partial charge in [-0.25, -0.2) is 4.79 Å². The molecule has 0 aromatic heterocycles. The van der Waals surface area contributed by atoms with Crippen LogP contribution in [0.4, 0.5) is 11.4 Å². The Morgan fingerprint density at radius 2 is 1.73 bits per heavy atom. The van der Waals surface area contributed by atoms with E-state index in [-0.39, 0.29) is 16.9 Å². The number of hydrogen-bond donors (Lipinski definition) is 2. The third-order valence-corrected chi connectivity index (χ3v) is 2.81. The number of carboxylic acids is 1. The predicted octanol–water partition coefficient (Wildman–Crippen LogP) is 1.62. The summed E-state index contributed by atoms with van der Waals surface area (Å²) in [5, 5.41) is 33.1. The van der Waals surface area contributed by atoms with Crippen LogP contribution in [0.5, 0.6) is 5.75 Å². The van der Waals surface area contributed by atoms with Crippen LogP contribution >= 0.6 is 0 Å². The highest BCUT2D eigenvalue weighted by molar-refractivity contribution is 6.05. The Labute approximate surface area is 123 Å². The van der Waals surface area contributed by atoms with Crippen molar-refractivity contribution in [3.8, 4) is 5.75 Å². The quantitative estimate of drug-likeness (QED) is 0.651. The van der Waals surface area contributed by atoms with E-state index in [1.165, 1.54) is 30.3 Å². The van der Waals surface area contributed by atoms with Crippen LogP contribution in [0.25, 0.3) is 0 Å². The van der Waals surface area contributed by atoms with E-state index in [9.17, 15) is 24.8 Å². The number of carbonyl (C=O) groups excluding carboxylic acids is 1. The van der Waals surface area contributed by atoms with Crippen LogP contribution in [0.2, 0.25) is 0 Å². The summed E-state index contributed by atoms with van der Waals surface area (Å²) in [5.74, 6) is -2.64. The molecule has 0 heterocycles. The van der Waals surface area contributed by atoms with E-state index in [0.717, 1.165) is 12.1 Å². The first-order chi connectivity index (χ1) is 10.4. The Bertz CT molecular complexity index is 754. The number of nitrogens with one attached hydrogen (secondary N) is 1. The highest BCUT2D eigenvalue weighted by Gasteiger charge is 2.11. The molecule has 0 atom stereocenters. The standard InChI is InChI=1S/C14H10N2O6/c17-12-6-3-9(7-11(12)14(19)20)15-13(18)8-1-4-10(5-2-8)16(21)22/h1-7,17H,(H,15,18)(H,19,20)/p-1. The van der Waals surface area contributed by atoms with Gasteiger partial charge in [-0.3, -0.25) is 14.9 Å². The minimum Gasteiger partial charge on any atom is -0.872 e. The fourth-order valence-corrected chi connectivity index (χ4v) is 1.71. The zero-order valence-electron chi connectivity index (χ0n) is 11.0. The molecule has 2 N–H and O–H groups in total. The van der Waals surface area contributed by atoms with Crippen molar-refractivity contribution < 1.29 is 24.7 Å². The van der Waals surface area contributed by atoms with Crippen LogP contribution in [0.15, 0.2) is 42.5 Å². The molecule has 0 saturated heterocycles. The second-order valence-corrected chi connectivity index (χ2v) is 4.27. The molecule has 2 rings (SSSR count). The lowest BCUT2D eigenvalue weighted by Crippen LogP contribution is -2.13. The van der Waals surface area contributed by atoms with Gasteiger partial charge < -0.3 is 15.5 Å². The second-order valence-electron chi connectivity index (χ2n) is 4.27. The minimum absolute atomic E-state index is 0.139. The van der Waals surface area contributed by atoms with E-state index in [2.05, 4.69) is 5.32 Å². The molecule has 2 aromatic rings. The van der Waals surface area contributed by atoms with Gasteiger partial charge in [-0.15, -0.1) is 0 Å². The summed E-state index contributed by atoms with van der Waals surface area (Å²) in [6, 6.07) is 8.26. The Balaban J connectivity index is 2.20. The number of non-ortho nitro benzene ring substituents is 1. The molecule has 0 bridgehead atoms. The molecule has 2 aromatic carbocycles. The van der Waals surface area contributed by atoms with Crippen molar-refractivity contribution in [2.45, 2.75) is 0 Å². The smallest absolute Gasteiger partial charge is 0.335 e. The van der Waals surface area contributed by atoms with Crippen LogP contribution in [-0.4, -0.2) is 21.9 Å². The number of carboxylic acid groups (broad SMARTS) is 1. The van der Waals surface area contributed by atoms with Crippen molar-refractivity contribution in [1.82, 2.24) is 0 Å². The van der Waals surface area contributed by atoms with E-state index < -0.39 is 28.1 Å². The van der Waals surface area contributed by atoms with Crippen molar-refractivity contribution >= 4 is 23.3 Å². The molecule has 8 heteroatoms. The van der Waals surface area contributed by atoms with Crippen LogP contribution in [0, 0.1) is 10.1 Å². The summed E-state index contributed by atoms with van der Waals surface area (Å²) in [5.41, 5.74) is -0.309. The summed E-state index contributed by atoms with van der Waals surface area (Å²) in [4.78, 5) is 32.7. The van der Waals surface area contributed by atoms with E-state index in [1.54, 1.807) is 0 Å². The molecular weight excluding hydrogens is 292 g/mol. The van der Waals surface area contributed by atoms with Crippen LogP contribution in [-0.2, 0) is 0 Å². The molecule has 1 amide bonds. The van der Waals surface area contributed by atoms with E-state index in [0.29, 0.717) is 0 Å². The van der Waals surface area contributed by atoms with Crippen molar-refractivity contribution in [1.29, 1.82) is 0 Å². The fourth-order valence-electron chi connectivity index (χ4n) is 1.71. The lowest BCUT2D eigenvalue weighted by atomic mass is 10.1. The molecular formula is C14H9N2O6-. The molecule has 8 nitrogen and oxygen atoms in total. The second kappa shape index (κ2) is 5.92. The number of hydrogen-bond acceptors (Lipinski definition) is 5. The largest absolute Gasteiger partial charge is 0.872 e. The van der Waals surface area contributed by atoms with Gasteiger partial charge in [0.25, 0.3) is 11.6 Å². The summed E-state index contributed by atoms with van der Waals surface area (Å²) in [6.45, 7) is 0. The van der Waals surface area contributed by atoms with Gasteiger partial charge in [0, 0.05) is 23.4 Å². The fraction of sp³-hybridized carbons (Fsp3) is 0. The topological polar surface area (TPSA) is 133 Å². The van der Waals surface area contributed by atoms with Gasteiger partial charge in [-0.2, -0.15) is 0 Å². The van der Waals surface area contributed by atoms with Crippen molar-refractivity contribution in [3.63, 3.8) is 0 Å². The number of aromatic carboxylic acids is 1. The molecule has 0 radical (unpaired) electrons. The maximum absolute atomic E-state index is 12.0. The van der Waals surface area contributed by atoms with Crippen LogP contribution < -0.4 is 10.4 Å². The van der Waals surface area contributed by atoms with Gasteiger partial charge in [-0.1, -0.05) is 11.8 Å². The molecule has 0 saturated carbocycles. The Morgan fingerprint density at radius 3 is 2.27 bits per heavy atom. The Kier molecular flexibility index (Phi) is 4.03. The first kappa shape index (κ1) is 15.0. The Hall–Kier alpha value is -3.42. The normalized spacial score (nSPS) is 10.0. The molecule has 112 valence electrons. The summed E-state index contributed by atoms with van der Waals surface area (Å²) in [6.07, 6.45) is 0. The monoisotopic (exact) mass is 301 g/mol. The maximum atomic E-state index is 12.0. The van der Waals surface area contributed by atoms with E-state index in [4.69, 9.17) is 5.11 Å². The van der Waals surface area contributed by atoms with Crippen LogP contribution in [0.1, 0.15) is 20.7 Å². The predicted molar refractivity (Wildman–Crippen MR) is 73.9 cm³/mol. The number of nitro groups is 1. The van der Waals surface area contributed by atoms with Crippen molar-refractivity contribution in [3.05, 3.63) is 63.7 Å². The lowest BCUT2D eigenvalue weighted by Gasteiger charge is -2.12. The van der Waals surface area contributed by atoms with Gasteiger partial charge in [0.1, 0.15) is 0 Å². The maximum Gasteiger partial charge on any atom is 0.335 e.